The summed E-state index contributed by atoms with van der Waals surface area (Å²) in [5.41, 5.74) is 0.744. The Balaban J connectivity index is 1.82. The van der Waals surface area contributed by atoms with E-state index in [0.29, 0.717) is 11.8 Å². The maximum absolute atomic E-state index is 13.3. The van der Waals surface area contributed by atoms with E-state index in [1.54, 1.807) is 13.1 Å². The molecule has 0 spiro atoms. The smallest absolute Gasteiger partial charge is 0.190 e. The molecule has 1 atom stereocenters. The zero-order valence-corrected chi connectivity index (χ0v) is 14.1. The minimum Gasteiger partial charge on any atom is -0.371 e. The third-order valence-corrected chi connectivity index (χ3v) is 4.01. The summed E-state index contributed by atoms with van der Waals surface area (Å²) < 4.78 is 26.4. The van der Waals surface area contributed by atoms with E-state index < -0.39 is 11.6 Å². The zero-order chi connectivity index (χ0) is 16.8. The molecule has 0 saturated carbocycles. The van der Waals surface area contributed by atoms with E-state index in [-0.39, 0.29) is 0 Å². The normalized spacial score (nSPS) is 18.6. The Kier molecular flexibility index (Phi) is 6.19. The van der Waals surface area contributed by atoms with Gasteiger partial charge < -0.3 is 15.5 Å². The first-order chi connectivity index (χ1) is 11.0. The van der Waals surface area contributed by atoms with E-state index in [0.717, 1.165) is 44.2 Å². The Morgan fingerprint density at radius 3 is 2.74 bits per heavy atom. The number of rotatable bonds is 5. The lowest BCUT2D eigenvalue weighted by atomic mass is 10.1. The van der Waals surface area contributed by atoms with Crippen LogP contribution >= 0.6 is 0 Å². The van der Waals surface area contributed by atoms with Gasteiger partial charge in [-0.05, 0) is 30.4 Å². The summed E-state index contributed by atoms with van der Waals surface area (Å²) in [5, 5.41) is 6.62. The van der Waals surface area contributed by atoms with Gasteiger partial charge >= 0.3 is 0 Å². The van der Waals surface area contributed by atoms with Gasteiger partial charge in [0.2, 0.25) is 0 Å². The van der Waals surface area contributed by atoms with E-state index in [1.807, 2.05) is 0 Å². The number of hydrogen-bond donors (Lipinski definition) is 2. The fourth-order valence-electron chi connectivity index (χ4n) is 2.68. The molecule has 0 bridgehead atoms. The lowest BCUT2D eigenvalue weighted by Crippen LogP contribution is -2.41. The van der Waals surface area contributed by atoms with Crippen molar-refractivity contribution < 1.29 is 8.78 Å². The van der Waals surface area contributed by atoms with Gasteiger partial charge in [0.05, 0.1) is 0 Å². The number of aliphatic imine (C=N–C) groups is 1. The number of hydrogen-bond acceptors (Lipinski definition) is 2. The first kappa shape index (κ1) is 17.5. The van der Waals surface area contributed by atoms with Crippen molar-refractivity contribution in [3.8, 4) is 0 Å². The van der Waals surface area contributed by atoms with Crippen LogP contribution in [-0.2, 0) is 0 Å². The van der Waals surface area contributed by atoms with Crippen LogP contribution in [0.5, 0.6) is 0 Å². The molecule has 1 unspecified atom stereocenters. The maximum Gasteiger partial charge on any atom is 0.190 e. The first-order valence-electron chi connectivity index (χ1n) is 8.14. The van der Waals surface area contributed by atoms with Gasteiger partial charge in [0.25, 0.3) is 0 Å². The minimum atomic E-state index is -0.800. The Morgan fingerprint density at radius 1 is 1.30 bits per heavy atom. The molecular weight excluding hydrogens is 298 g/mol. The number of guanidine groups is 1. The largest absolute Gasteiger partial charge is 0.371 e. The zero-order valence-electron chi connectivity index (χ0n) is 14.1. The van der Waals surface area contributed by atoms with Gasteiger partial charge in [0.15, 0.2) is 17.6 Å². The molecule has 0 radical (unpaired) electrons. The van der Waals surface area contributed by atoms with E-state index in [9.17, 15) is 8.78 Å². The van der Waals surface area contributed by atoms with Crippen molar-refractivity contribution in [2.24, 2.45) is 16.8 Å². The molecular formula is C17H26F2N4. The number of anilines is 1. The molecule has 0 amide bonds. The van der Waals surface area contributed by atoms with E-state index in [4.69, 9.17) is 0 Å². The van der Waals surface area contributed by atoms with Gasteiger partial charge in [-0.25, -0.2) is 8.78 Å². The topological polar surface area (TPSA) is 39.7 Å². The predicted octanol–water partition coefficient (Wildman–Crippen LogP) is 2.61. The lowest BCUT2D eigenvalue weighted by Gasteiger charge is -2.20. The summed E-state index contributed by atoms with van der Waals surface area (Å²) >= 11 is 0. The Morgan fingerprint density at radius 2 is 2.09 bits per heavy atom. The molecule has 23 heavy (non-hydrogen) atoms. The van der Waals surface area contributed by atoms with Crippen molar-refractivity contribution in [1.82, 2.24) is 10.6 Å². The third kappa shape index (κ3) is 5.08. The molecule has 6 heteroatoms. The van der Waals surface area contributed by atoms with Gasteiger partial charge in [0.1, 0.15) is 0 Å². The van der Waals surface area contributed by atoms with Crippen LogP contribution in [0.2, 0.25) is 0 Å². The fraction of sp³-hybridized carbons (Fsp3) is 0.588. The number of nitrogens with one attached hydrogen (secondary N) is 2. The quantitative estimate of drug-likeness (QED) is 0.646. The van der Waals surface area contributed by atoms with Crippen LogP contribution < -0.4 is 15.5 Å². The van der Waals surface area contributed by atoms with Crippen LogP contribution in [0.1, 0.15) is 20.3 Å². The number of benzene rings is 1. The molecule has 2 N–H and O–H groups in total. The van der Waals surface area contributed by atoms with Gasteiger partial charge in [-0.2, -0.15) is 0 Å². The lowest BCUT2D eigenvalue weighted by molar-refractivity contribution is 0.508. The summed E-state index contributed by atoms with van der Waals surface area (Å²) in [6.07, 6.45) is 1.02. The van der Waals surface area contributed by atoms with Crippen molar-refractivity contribution in [3.05, 3.63) is 29.8 Å². The first-order valence-corrected chi connectivity index (χ1v) is 8.14. The maximum atomic E-state index is 13.3. The van der Waals surface area contributed by atoms with Crippen molar-refractivity contribution in [1.29, 1.82) is 0 Å². The Labute approximate surface area is 137 Å². The highest BCUT2D eigenvalue weighted by molar-refractivity contribution is 5.79. The van der Waals surface area contributed by atoms with Gasteiger partial charge in [0, 0.05) is 45.0 Å². The summed E-state index contributed by atoms with van der Waals surface area (Å²) in [4.78, 5) is 6.31. The highest BCUT2D eigenvalue weighted by atomic mass is 19.2. The van der Waals surface area contributed by atoms with Crippen molar-refractivity contribution >= 4 is 11.6 Å². The van der Waals surface area contributed by atoms with Crippen molar-refractivity contribution in [3.63, 3.8) is 0 Å². The summed E-state index contributed by atoms with van der Waals surface area (Å²) in [6.45, 7) is 7.69. The Hall–Kier alpha value is -1.85. The van der Waals surface area contributed by atoms with Crippen LogP contribution in [0.4, 0.5) is 14.5 Å². The summed E-state index contributed by atoms with van der Waals surface area (Å²) in [5.74, 6) is 0.239. The van der Waals surface area contributed by atoms with Crippen molar-refractivity contribution in [2.75, 3.05) is 38.1 Å². The monoisotopic (exact) mass is 324 g/mol. The second-order valence-corrected chi connectivity index (χ2v) is 6.43. The van der Waals surface area contributed by atoms with Crippen molar-refractivity contribution in [2.45, 2.75) is 20.3 Å². The average Bonchev–Trinajstić information content (AvgIpc) is 2.99. The molecule has 1 aromatic carbocycles. The third-order valence-electron chi connectivity index (χ3n) is 4.01. The van der Waals surface area contributed by atoms with Gasteiger partial charge in [-0.15, -0.1) is 0 Å². The molecule has 0 aliphatic carbocycles. The van der Waals surface area contributed by atoms with Gasteiger partial charge in [-0.1, -0.05) is 13.8 Å². The fourth-order valence-corrected chi connectivity index (χ4v) is 2.68. The van der Waals surface area contributed by atoms with Crippen LogP contribution in [0, 0.1) is 23.5 Å². The second-order valence-electron chi connectivity index (χ2n) is 6.43. The van der Waals surface area contributed by atoms with Gasteiger partial charge in [-0.3, -0.25) is 4.99 Å². The highest BCUT2D eigenvalue weighted by Crippen LogP contribution is 2.24. The molecule has 1 saturated heterocycles. The number of nitrogens with zero attached hydrogens (tertiary/aromatic N) is 2. The van der Waals surface area contributed by atoms with Crippen LogP contribution in [-0.4, -0.2) is 39.2 Å². The average molecular weight is 324 g/mol. The summed E-state index contributed by atoms with van der Waals surface area (Å²) in [7, 11) is 1.76. The SMILES string of the molecule is CN=C(NCC(C)C)NCC1CCN(c2ccc(F)c(F)c2)C1. The Bertz CT molecular complexity index is 545. The molecule has 1 fully saturated rings. The molecule has 4 nitrogen and oxygen atoms in total. The second kappa shape index (κ2) is 8.13. The number of halogens is 2. The highest BCUT2D eigenvalue weighted by Gasteiger charge is 2.23. The molecule has 1 heterocycles. The van der Waals surface area contributed by atoms with E-state index in [2.05, 4.69) is 34.4 Å². The molecule has 1 aromatic rings. The molecule has 0 aromatic heterocycles. The van der Waals surface area contributed by atoms with E-state index in [1.165, 1.54) is 12.1 Å². The standard InChI is InChI=1S/C17H26F2N4/c1-12(2)9-21-17(20-3)22-10-13-6-7-23(11-13)14-4-5-15(18)16(19)8-14/h4-5,8,12-13H,6-7,9-11H2,1-3H3,(H2,20,21,22). The molecule has 1 aliphatic heterocycles. The summed E-state index contributed by atoms with van der Waals surface area (Å²) in [6, 6.07) is 4.10. The molecule has 1 aliphatic rings. The van der Waals surface area contributed by atoms with Crippen LogP contribution in [0.3, 0.4) is 0 Å². The minimum absolute atomic E-state index is 0.459. The van der Waals surface area contributed by atoms with E-state index >= 15 is 0 Å². The van der Waals surface area contributed by atoms with Crippen LogP contribution in [0.15, 0.2) is 23.2 Å². The molecule has 2 rings (SSSR count). The van der Waals surface area contributed by atoms with Crippen LogP contribution in [0.25, 0.3) is 0 Å². The molecule has 128 valence electrons. The predicted molar refractivity (Wildman–Crippen MR) is 90.9 cm³/mol.